The van der Waals surface area contributed by atoms with Crippen LogP contribution in [0, 0.1) is 0 Å². The number of carbonyl (C=O) groups excluding carboxylic acids is 1. The Labute approximate surface area is 114 Å². The Bertz CT molecular complexity index is 377. The number of hydrogen-bond donors (Lipinski definition) is 0. The molecule has 0 N–H and O–H groups in total. The first kappa shape index (κ1) is 15.0. The summed E-state index contributed by atoms with van der Waals surface area (Å²) in [6.07, 6.45) is 5.62. The smallest absolute Gasteiger partial charge is 0.339 e. The molecule has 0 bridgehead atoms. The molecule has 0 aliphatic carbocycles. The molecule has 0 amide bonds. The quantitative estimate of drug-likeness (QED) is 0.522. The van der Waals surface area contributed by atoms with Crippen LogP contribution >= 0.6 is 11.6 Å². The molecule has 0 saturated carbocycles. The van der Waals surface area contributed by atoms with Crippen LogP contribution in [0.3, 0.4) is 0 Å². The van der Waals surface area contributed by atoms with Gasteiger partial charge < -0.3 is 4.74 Å². The zero-order chi connectivity index (χ0) is 13.4. The topological polar surface area (TPSA) is 26.3 Å². The fourth-order valence-corrected chi connectivity index (χ4v) is 2.00. The molecule has 0 spiro atoms. The van der Waals surface area contributed by atoms with Gasteiger partial charge in [0.1, 0.15) is 0 Å². The fraction of sp³-hybridized carbons (Fsp3) is 0.533. The van der Waals surface area contributed by atoms with Crippen molar-refractivity contribution in [2.45, 2.75) is 52.1 Å². The monoisotopic (exact) mass is 268 g/mol. The number of ether oxygens (including phenoxy) is 1. The van der Waals surface area contributed by atoms with E-state index in [-0.39, 0.29) is 12.1 Å². The van der Waals surface area contributed by atoms with Gasteiger partial charge in [-0.25, -0.2) is 4.79 Å². The van der Waals surface area contributed by atoms with Gasteiger partial charge in [0.05, 0.1) is 16.7 Å². The first-order valence-electron chi connectivity index (χ1n) is 6.60. The van der Waals surface area contributed by atoms with Crippen molar-refractivity contribution in [3.05, 3.63) is 34.9 Å². The first-order valence-corrected chi connectivity index (χ1v) is 6.98. The predicted octanol–water partition coefficient (Wildman–Crippen LogP) is 4.86. The van der Waals surface area contributed by atoms with Crippen LogP contribution in [0.5, 0.6) is 0 Å². The third-order valence-electron chi connectivity index (χ3n) is 2.87. The second-order valence-corrected chi connectivity index (χ2v) is 4.95. The van der Waals surface area contributed by atoms with Gasteiger partial charge in [-0.3, -0.25) is 0 Å². The SMILES string of the molecule is CCCCCC[C@@H](C)OC(=O)c1ccccc1Cl. The molecule has 0 fully saturated rings. The second-order valence-electron chi connectivity index (χ2n) is 4.55. The van der Waals surface area contributed by atoms with Gasteiger partial charge in [-0.2, -0.15) is 0 Å². The Morgan fingerprint density at radius 2 is 2.00 bits per heavy atom. The van der Waals surface area contributed by atoms with E-state index < -0.39 is 0 Å². The molecule has 0 aliphatic rings. The van der Waals surface area contributed by atoms with Crippen molar-refractivity contribution in [2.75, 3.05) is 0 Å². The van der Waals surface area contributed by atoms with Gasteiger partial charge >= 0.3 is 5.97 Å². The number of hydrogen-bond acceptors (Lipinski definition) is 2. The van der Waals surface area contributed by atoms with Crippen molar-refractivity contribution < 1.29 is 9.53 Å². The van der Waals surface area contributed by atoms with Crippen LogP contribution in [0.2, 0.25) is 5.02 Å². The summed E-state index contributed by atoms with van der Waals surface area (Å²) in [5.74, 6) is -0.330. The molecule has 1 atom stereocenters. The predicted molar refractivity (Wildman–Crippen MR) is 75.1 cm³/mol. The molecule has 1 aromatic rings. The summed E-state index contributed by atoms with van der Waals surface area (Å²) in [6.45, 7) is 4.11. The van der Waals surface area contributed by atoms with Crippen molar-refractivity contribution in [3.8, 4) is 0 Å². The summed E-state index contributed by atoms with van der Waals surface area (Å²) in [4.78, 5) is 11.9. The van der Waals surface area contributed by atoms with Crippen LogP contribution < -0.4 is 0 Å². The highest BCUT2D eigenvalue weighted by Gasteiger charge is 2.14. The second kappa shape index (κ2) is 8.15. The van der Waals surface area contributed by atoms with Crippen molar-refractivity contribution >= 4 is 17.6 Å². The molecule has 100 valence electrons. The summed E-state index contributed by atoms with van der Waals surface area (Å²) in [5.41, 5.74) is 0.444. The van der Waals surface area contributed by atoms with E-state index in [2.05, 4.69) is 6.92 Å². The highest BCUT2D eigenvalue weighted by atomic mass is 35.5. The van der Waals surface area contributed by atoms with E-state index in [0.717, 1.165) is 12.8 Å². The lowest BCUT2D eigenvalue weighted by Crippen LogP contribution is -2.15. The average molecular weight is 269 g/mol. The molecule has 0 aliphatic heterocycles. The highest BCUT2D eigenvalue weighted by Crippen LogP contribution is 2.17. The van der Waals surface area contributed by atoms with E-state index in [1.807, 2.05) is 6.92 Å². The zero-order valence-corrected chi connectivity index (χ0v) is 11.9. The van der Waals surface area contributed by atoms with Gasteiger partial charge in [-0.1, -0.05) is 49.9 Å². The van der Waals surface area contributed by atoms with Crippen LogP contribution in [0.4, 0.5) is 0 Å². The molecule has 1 aromatic carbocycles. The molecule has 0 saturated heterocycles. The molecule has 18 heavy (non-hydrogen) atoms. The van der Waals surface area contributed by atoms with E-state index in [0.29, 0.717) is 10.6 Å². The van der Waals surface area contributed by atoms with E-state index in [1.54, 1.807) is 24.3 Å². The minimum absolute atomic E-state index is 0.0503. The largest absolute Gasteiger partial charge is 0.459 e. The van der Waals surface area contributed by atoms with Crippen molar-refractivity contribution in [1.82, 2.24) is 0 Å². The summed E-state index contributed by atoms with van der Waals surface area (Å²) < 4.78 is 5.37. The normalized spacial score (nSPS) is 12.2. The van der Waals surface area contributed by atoms with E-state index in [9.17, 15) is 4.79 Å². The minimum atomic E-state index is -0.330. The Hall–Kier alpha value is -1.02. The number of unbranched alkanes of at least 4 members (excludes halogenated alkanes) is 3. The molecule has 0 heterocycles. The number of halogens is 1. The number of esters is 1. The molecule has 3 heteroatoms. The molecule has 1 rings (SSSR count). The number of benzene rings is 1. The van der Waals surface area contributed by atoms with Crippen LogP contribution in [0.15, 0.2) is 24.3 Å². The summed E-state index contributed by atoms with van der Waals surface area (Å²) >= 11 is 5.95. The van der Waals surface area contributed by atoms with Crippen LogP contribution in [0.25, 0.3) is 0 Å². The Kier molecular flexibility index (Phi) is 6.81. The number of rotatable bonds is 7. The molecular formula is C15H21ClO2. The maximum atomic E-state index is 11.9. The molecule has 2 nitrogen and oxygen atoms in total. The van der Waals surface area contributed by atoms with Crippen molar-refractivity contribution in [2.24, 2.45) is 0 Å². The van der Waals surface area contributed by atoms with Gasteiger partial charge in [0, 0.05) is 0 Å². The third kappa shape index (κ3) is 5.09. The summed E-state index contributed by atoms with van der Waals surface area (Å²) in [7, 11) is 0. The summed E-state index contributed by atoms with van der Waals surface area (Å²) in [5, 5.41) is 0.445. The zero-order valence-electron chi connectivity index (χ0n) is 11.1. The van der Waals surface area contributed by atoms with Gasteiger partial charge in [-0.05, 0) is 31.9 Å². The lowest BCUT2D eigenvalue weighted by atomic mass is 10.1. The minimum Gasteiger partial charge on any atom is -0.459 e. The fourth-order valence-electron chi connectivity index (χ4n) is 1.79. The van der Waals surface area contributed by atoms with Crippen LogP contribution in [-0.4, -0.2) is 12.1 Å². The van der Waals surface area contributed by atoms with Gasteiger partial charge in [0.2, 0.25) is 0 Å². The Balaban J connectivity index is 2.38. The average Bonchev–Trinajstić information content (AvgIpc) is 2.35. The molecular weight excluding hydrogens is 248 g/mol. The summed E-state index contributed by atoms with van der Waals surface area (Å²) in [6, 6.07) is 6.97. The van der Waals surface area contributed by atoms with Crippen molar-refractivity contribution in [3.63, 3.8) is 0 Å². The van der Waals surface area contributed by atoms with Crippen LogP contribution in [-0.2, 0) is 4.74 Å². The molecule has 0 unspecified atom stereocenters. The van der Waals surface area contributed by atoms with Crippen LogP contribution in [0.1, 0.15) is 56.3 Å². The number of carbonyl (C=O) groups is 1. The lowest BCUT2D eigenvalue weighted by molar-refractivity contribution is 0.0319. The van der Waals surface area contributed by atoms with E-state index >= 15 is 0 Å². The maximum Gasteiger partial charge on any atom is 0.339 e. The lowest BCUT2D eigenvalue weighted by Gasteiger charge is -2.13. The highest BCUT2D eigenvalue weighted by molar-refractivity contribution is 6.33. The molecule has 0 aromatic heterocycles. The van der Waals surface area contributed by atoms with Gasteiger partial charge in [0.15, 0.2) is 0 Å². The first-order chi connectivity index (χ1) is 8.65. The Morgan fingerprint density at radius 3 is 2.67 bits per heavy atom. The van der Waals surface area contributed by atoms with E-state index in [4.69, 9.17) is 16.3 Å². The van der Waals surface area contributed by atoms with Gasteiger partial charge in [-0.15, -0.1) is 0 Å². The standard InChI is InChI=1S/C15H21ClO2/c1-3-4-5-6-9-12(2)18-15(17)13-10-7-8-11-14(13)16/h7-8,10-12H,3-6,9H2,1-2H3/t12-/m1/s1. The maximum absolute atomic E-state index is 11.9. The molecule has 0 radical (unpaired) electrons. The van der Waals surface area contributed by atoms with Crippen molar-refractivity contribution in [1.29, 1.82) is 0 Å². The van der Waals surface area contributed by atoms with Gasteiger partial charge in [0.25, 0.3) is 0 Å². The Morgan fingerprint density at radius 1 is 1.28 bits per heavy atom. The van der Waals surface area contributed by atoms with E-state index in [1.165, 1.54) is 19.3 Å². The third-order valence-corrected chi connectivity index (χ3v) is 3.20.